The van der Waals surface area contributed by atoms with Crippen LogP contribution < -0.4 is 15.4 Å². The second-order valence-electron chi connectivity index (χ2n) is 5.09. The molecular formula is C15H24N2O3. The van der Waals surface area contributed by atoms with E-state index in [2.05, 4.69) is 10.6 Å². The molecule has 3 N–H and O–H groups in total. The van der Waals surface area contributed by atoms with Crippen LogP contribution in [0.15, 0.2) is 24.3 Å². The molecule has 0 fully saturated rings. The van der Waals surface area contributed by atoms with E-state index in [4.69, 9.17) is 4.74 Å². The fourth-order valence-corrected chi connectivity index (χ4v) is 1.76. The second-order valence-corrected chi connectivity index (χ2v) is 5.09. The smallest absolute Gasteiger partial charge is 0.237 e. The zero-order valence-electron chi connectivity index (χ0n) is 12.5. The molecule has 1 amide bonds. The highest BCUT2D eigenvalue weighted by Crippen LogP contribution is 2.18. The van der Waals surface area contributed by atoms with E-state index in [-0.39, 0.29) is 18.0 Å². The summed E-state index contributed by atoms with van der Waals surface area (Å²) in [5.74, 6) is 0.630. The van der Waals surface area contributed by atoms with Gasteiger partial charge in [-0.2, -0.15) is 0 Å². The highest BCUT2D eigenvalue weighted by atomic mass is 16.5. The number of carbonyl (C=O) groups is 1. The summed E-state index contributed by atoms with van der Waals surface area (Å²) >= 11 is 0. The van der Waals surface area contributed by atoms with E-state index in [0.29, 0.717) is 12.3 Å². The van der Waals surface area contributed by atoms with Crippen molar-refractivity contribution in [1.82, 2.24) is 10.6 Å². The Kier molecular flexibility index (Phi) is 6.48. The number of amides is 1. The predicted molar refractivity (Wildman–Crippen MR) is 78.7 cm³/mol. The average Bonchev–Trinajstić information content (AvgIpc) is 2.43. The summed E-state index contributed by atoms with van der Waals surface area (Å²) in [6, 6.07) is 7.01. The number of carbonyl (C=O) groups excluding carboxylic acids is 1. The predicted octanol–water partition coefficient (Wildman–Crippen LogP) is 1.23. The van der Waals surface area contributed by atoms with Gasteiger partial charge in [-0.3, -0.25) is 4.79 Å². The van der Waals surface area contributed by atoms with Crippen molar-refractivity contribution in [2.45, 2.75) is 39.0 Å². The molecule has 0 aliphatic rings. The second kappa shape index (κ2) is 7.87. The highest BCUT2D eigenvalue weighted by molar-refractivity contribution is 5.81. The fourth-order valence-electron chi connectivity index (χ4n) is 1.76. The summed E-state index contributed by atoms with van der Waals surface area (Å²) in [4.78, 5) is 11.7. The largest absolute Gasteiger partial charge is 0.497 e. The number of nitrogens with one attached hydrogen (secondary N) is 2. The highest BCUT2D eigenvalue weighted by Gasteiger charge is 2.15. The Hall–Kier alpha value is -1.59. The molecule has 2 atom stereocenters. The molecule has 1 aromatic carbocycles. The van der Waals surface area contributed by atoms with Gasteiger partial charge in [0.25, 0.3) is 0 Å². The van der Waals surface area contributed by atoms with Gasteiger partial charge in [-0.05, 0) is 38.5 Å². The van der Waals surface area contributed by atoms with Crippen LogP contribution in [0.5, 0.6) is 5.75 Å². The molecule has 2 unspecified atom stereocenters. The third-order valence-corrected chi connectivity index (χ3v) is 2.92. The van der Waals surface area contributed by atoms with Crippen LogP contribution in [0.3, 0.4) is 0 Å². The van der Waals surface area contributed by atoms with Crippen LogP contribution in [-0.2, 0) is 4.79 Å². The number of rotatable bonds is 7. The molecule has 0 bridgehead atoms. The molecule has 0 aliphatic heterocycles. The van der Waals surface area contributed by atoms with Crippen molar-refractivity contribution in [3.05, 3.63) is 29.8 Å². The molecule has 1 aromatic rings. The van der Waals surface area contributed by atoms with Crippen molar-refractivity contribution < 1.29 is 14.6 Å². The molecule has 0 heterocycles. The maximum absolute atomic E-state index is 11.7. The van der Waals surface area contributed by atoms with Crippen molar-refractivity contribution in [2.75, 3.05) is 13.7 Å². The topological polar surface area (TPSA) is 70.6 Å². The monoisotopic (exact) mass is 280 g/mol. The molecule has 0 aromatic heterocycles. The van der Waals surface area contributed by atoms with E-state index in [1.807, 2.05) is 32.0 Å². The van der Waals surface area contributed by atoms with Gasteiger partial charge in [0, 0.05) is 12.6 Å². The van der Waals surface area contributed by atoms with E-state index in [1.165, 1.54) is 0 Å². The summed E-state index contributed by atoms with van der Waals surface area (Å²) in [5, 5.41) is 15.9. The lowest BCUT2D eigenvalue weighted by molar-refractivity contribution is -0.123. The molecule has 20 heavy (non-hydrogen) atoms. The van der Waals surface area contributed by atoms with Crippen LogP contribution in [0.4, 0.5) is 0 Å². The van der Waals surface area contributed by atoms with Gasteiger partial charge in [0.05, 0.1) is 19.3 Å². The van der Waals surface area contributed by atoms with Crippen molar-refractivity contribution in [3.8, 4) is 5.75 Å². The first-order chi connectivity index (χ1) is 9.43. The minimum Gasteiger partial charge on any atom is -0.497 e. The summed E-state index contributed by atoms with van der Waals surface area (Å²) in [6.07, 6.45) is -0.681. The molecule has 5 nitrogen and oxygen atoms in total. The van der Waals surface area contributed by atoms with Gasteiger partial charge in [-0.1, -0.05) is 12.1 Å². The van der Waals surface area contributed by atoms with Gasteiger partial charge in [0.1, 0.15) is 5.75 Å². The quantitative estimate of drug-likeness (QED) is 0.702. The van der Waals surface area contributed by atoms with E-state index in [9.17, 15) is 9.90 Å². The third kappa shape index (κ3) is 5.19. The Morgan fingerprint density at radius 1 is 1.35 bits per heavy atom. The Bertz CT molecular complexity index is 435. The van der Waals surface area contributed by atoms with E-state index < -0.39 is 6.10 Å². The summed E-state index contributed by atoms with van der Waals surface area (Å²) in [5.41, 5.74) is 0.758. The van der Waals surface area contributed by atoms with E-state index >= 15 is 0 Å². The fraction of sp³-hybridized carbons (Fsp3) is 0.533. The van der Waals surface area contributed by atoms with Gasteiger partial charge >= 0.3 is 0 Å². The molecule has 0 saturated heterocycles. The first-order valence-corrected chi connectivity index (χ1v) is 6.79. The summed E-state index contributed by atoms with van der Waals surface area (Å²) in [6.45, 7) is 5.90. The van der Waals surface area contributed by atoms with Gasteiger partial charge in [0.15, 0.2) is 0 Å². The van der Waals surface area contributed by atoms with Crippen molar-refractivity contribution in [3.63, 3.8) is 0 Å². The molecule has 112 valence electrons. The first kappa shape index (κ1) is 16.5. The van der Waals surface area contributed by atoms with E-state index in [0.717, 1.165) is 5.56 Å². The number of benzene rings is 1. The molecule has 0 aliphatic carbocycles. The minimum atomic E-state index is -0.681. The van der Waals surface area contributed by atoms with Crippen LogP contribution in [0.25, 0.3) is 0 Å². The number of methoxy groups -OCH3 is 1. The Labute approximate surface area is 120 Å². The molecule has 5 heteroatoms. The number of aliphatic hydroxyl groups excluding tert-OH is 1. The average molecular weight is 280 g/mol. The first-order valence-electron chi connectivity index (χ1n) is 6.79. The van der Waals surface area contributed by atoms with Crippen molar-refractivity contribution >= 4 is 5.91 Å². The van der Waals surface area contributed by atoms with Crippen molar-refractivity contribution in [1.29, 1.82) is 0 Å². The lowest BCUT2D eigenvalue weighted by Gasteiger charge is -2.18. The molecule has 0 radical (unpaired) electrons. The number of hydrogen-bond acceptors (Lipinski definition) is 4. The van der Waals surface area contributed by atoms with Crippen LogP contribution in [-0.4, -0.2) is 36.8 Å². The summed E-state index contributed by atoms with van der Waals surface area (Å²) in [7, 11) is 1.59. The van der Waals surface area contributed by atoms with Crippen molar-refractivity contribution in [2.24, 2.45) is 0 Å². The van der Waals surface area contributed by atoms with Crippen LogP contribution in [0.2, 0.25) is 0 Å². The standard InChI is InChI=1S/C15H24N2O3/c1-10(2)17-15(19)11(3)16-9-14(18)12-6-5-7-13(8-12)20-4/h5-8,10-11,14,16,18H,9H2,1-4H3,(H,17,19). The molecule has 0 spiro atoms. The number of hydrogen-bond donors (Lipinski definition) is 3. The third-order valence-electron chi connectivity index (χ3n) is 2.92. The zero-order valence-corrected chi connectivity index (χ0v) is 12.5. The van der Waals surface area contributed by atoms with Crippen LogP contribution >= 0.6 is 0 Å². The maximum Gasteiger partial charge on any atom is 0.237 e. The lowest BCUT2D eigenvalue weighted by atomic mass is 10.1. The molecule has 0 saturated carbocycles. The van der Waals surface area contributed by atoms with Crippen LogP contribution in [0, 0.1) is 0 Å². The maximum atomic E-state index is 11.7. The number of ether oxygens (including phenoxy) is 1. The zero-order chi connectivity index (χ0) is 15.1. The van der Waals surface area contributed by atoms with E-state index in [1.54, 1.807) is 20.1 Å². The van der Waals surface area contributed by atoms with Gasteiger partial charge in [-0.15, -0.1) is 0 Å². The SMILES string of the molecule is COc1cccc(C(O)CNC(C)C(=O)NC(C)C)c1. The van der Waals surface area contributed by atoms with Gasteiger partial charge < -0.3 is 20.5 Å². The minimum absolute atomic E-state index is 0.0714. The lowest BCUT2D eigenvalue weighted by Crippen LogP contribution is -2.45. The van der Waals surface area contributed by atoms with Gasteiger partial charge in [-0.25, -0.2) is 0 Å². The van der Waals surface area contributed by atoms with Gasteiger partial charge in [0.2, 0.25) is 5.91 Å². The Balaban J connectivity index is 2.49. The molecular weight excluding hydrogens is 256 g/mol. The normalized spacial score (nSPS) is 13.9. The summed E-state index contributed by atoms with van der Waals surface area (Å²) < 4.78 is 5.12. The molecule has 1 rings (SSSR count). The Morgan fingerprint density at radius 3 is 2.65 bits per heavy atom. The van der Waals surface area contributed by atoms with Crippen LogP contribution in [0.1, 0.15) is 32.4 Å². The number of aliphatic hydroxyl groups is 1. The Morgan fingerprint density at radius 2 is 2.05 bits per heavy atom.